The van der Waals surface area contributed by atoms with Crippen molar-refractivity contribution in [1.29, 1.82) is 0 Å². The Morgan fingerprint density at radius 1 is 0.488 bits per heavy atom. The van der Waals surface area contributed by atoms with Crippen LogP contribution in [0.1, 0.15) is 188 Å². The van der Waals surface area contributed by atoms with Crippen LogP contribution in [0.15, 0.2) is 122 Å². The smallest absolute Gasteiger partial charge is 1.00 e. The molecule has 26 rings (SSSR count). The summed E-state index contributed by atoms with van der Waals surface area (Å²) in [6.07, 6.45) is 39.0. The Morgan fingerprint density at radius 2 is 0.756 bits per heavy atom. The SMILES string of the molecule is CC(=O)OC(Cn1c(CN)nc2ccccc21)C12CC3CC(CC(C3)C1)C2.CC(=O)OC(Cn1c(CNC=O)nc2ccccc21)C12CC3CC(CC(C3)C1)C2.CC(=O)OC(Cn1c2ccccc2n2cncc12)C12CC3CC(CC(C3)C1)C2.O=CO.O=CO[O-].O=P(Cl)(Cl)Cl.OC(Cn1c2ccccc2n2cncc12)C12CC3CC(CC(C3)C1)C2.[H-].[K+].[K+]. The molecule has 0 aliphatic heterocycles. The van der Waals surface area contributed by atoms with E-state index in [-0.39, 0.29) is 181 Å². The number of fused-ring (bicyclic) bond motifs is 8. The number of hydrogen-bond acceptors (Lipinski definition) is 18. The van der Waals surface area contributed by atoms with E-state index in [4.69, 9.17) is 49.9 Å². The Morgan fingerprint density at radius 3 is 1.06 bits per heavy atom. The first-order valence-electron chi connectivity index (χ1n) is 43.5. The van der Waals surface area contributed by atoms with Crippen LogP contribution in [0.4, 0.5) is 0 Å². The Balaban J connectivity index is 0.000000135. The van der Waals surface area contributed by atoms with Gasteiger partial charge in [-0.15, -0.1) is 0 Å². The van der Waals surface area contributed by atoms with Crippen LogP contribution in [-0.2, 0) is 91.7 Å². The maximum absolute atomic E-state index is 12.1. The van der Waals surface area contributed by atoms with Crippen molar-refractivity contribution in [2.24, 2.45) is 98.4 Å². The fourth-order valence-electron chi connectivity index (χ4n) is 27.7. The number of benzene rings is 4. The minimum Gasteiger partial charge on any atom is -1.00 e. The molecule has 16 fully saturated rings. The van der Waals surface area contributed by atoms with E-state index in [9.17, 15) is 28.8 Å². The minimum atomic E-state index is -3.22. The number of carbonyl (C=O) groups is 6. The molecular weight excluding hydrogens is 1700 g/mol. The predicted octanol–water partition coefficient (Wildman–Crippen LogP) is 10.4. The summed E-state index contributed by atoms with van der Waals surface area (Å²) in [5.41, 5.74) is 17.4. The first-order valence-corrected chi connectivity index (χ1v) is 47.9. The number of aliphatic hydroxyl groups excluding tert-OH is 1. The molecule has 1 amide bonds. The second-order valence-corrected chi connectivity index (χ2v) is 44.7. The number of rotatable bonds is 20. The van der Waals surface area contributed by atoms with Crippen molar-refractivity contribution in [3.05, 3.63) is 134 Å². The summed E-state index contributed by atoms with van der Waals surface area (Å²) < 4.78 is 40.9. The number of esters is 3. The molecule has 10 aromatic rings. The number of amides is 1. The molecule has 16 bridgehead atoms. The van der Waals surface area contributed by atoms with Gasteiger partial charge in [0.1, 0.15) is 53.9 Å². The summed E-state index contributed by atoms with van der Waals surface area (Å²) in [6, 6.07) is 33.1. The maximum atomic E-state index is 12.1. The van der Waals surface area contributed by atoms with Crippen LogP contribution in [0.3, 0.4) is 0 Å². The summed E-state index contributed by atoms with van der Waals surface area (Å²) in [5, 5.41) is 26.2. The van der Waals surface area contributed by atoms with Crippen molar-refractivity contribution in [2.45, 2.75) is 239 Å². The topological polar surface area (TPSA) is 338 Å². The van der Waals surface area contributed by atoms with E-state index in [1.54, 1.807) is 13.8 Å². The summed E-state index contributed by atoms with van der Waals surface area (Å²) >= 11 is 13.8. The third-order valence-electron chi connectivity index (χ3n) is 30.1. The molecule has 16 aliphatic carbocycles. The van der Waals surface area contributed by atoms with Crippen LogP contribution in [0.2, 0.25) is 0 Å². The van der Waals surface area contributed by atoms with E-state index in [1.807, 2.05) is 61.4 Å². The second-order valence-electron chi connectivity index (χ2n) is 38.0. The average molecular weight is 1820 g/mol. The molecule has 5 N–H and O–H groups in total. The van der Waals surface area contributed by atoms with Gasteiger partial charge in [-0.25, -0.2) is 19.9 Å². The predicted molar refractivity (Wildman–Crippen MR) is 459 cm³/mol. The maximum Gasteiger partial charge on any atom is 1.00 e. The van der Waals surface area contributed by atoms with Gasteiger partial charge in [0.2, 0.25) is 6.41 Å². The largest absolute Gasteiger partial charge is 1.00 e. The van der Waals surface area contributed by atoms with Gasteiger partial charge in [0.05, 0.1) is 102 Å². The number of ether oxygens (including phenoxy) is 3. The Hall–Kier alpha value is -5.09. The van der Waals surface area contributed by atoms with Gasteiger partial charge in [0.25, 0.3) is 12.9 Å². The number of hydrogen-bond donors (Lipinski definition) is 4. The second kappa shape index (κ2) is 40.1. The monoisotopic (exact) mass is 1810 g/mol. The molecule has 26 nitrogen and oxygen atoms in total. The van der Waals surface area contributed by atoms with Gasteiger partial charge < -0.3 is 65.3 Å². The van der Waals surface area contributed by atoms with Crippen LogP contribution < -0.4 is 119 Å². The molecule has 4 unspecified atom stereocenters. The van der Waals surface area contributed by atoms with E-state index in [1.165, 1.54) is 178 Å². The fraction of sp³-hybridized carbons (Fsp3) is 0.582. The molecule has 0 saturated heterocycles. The quantitative estimate of drug-likeness (QED) is 0.0105. The van der Waals surface area contributed by atoms with Gasteiger partial charge in [-0.2, -0.15) is 0 Å². The Kier molecular flexibility index (Phi) is 30.7. The molecule has 4 atom stereocenters. The van der Waals surface area contributed by atoms with Gasteiger partial charge in [-0.3, -0.25) is 42.1 Å². The van der Waals surface area contributed by atoms with Gasteiger partial charge in [-0.1, -0.05) is 48.5 Å². The van der Waals surface area contributed by atoms with E-state index in [0.29, 0.717) is 45.7 Å². The number of carboxylic acid groups (broad SMARTS) is 1. The summed E-state index contributed by atoms with van der Waals surface area (Å²) in [5.74, 6) is 11.1. The molecule has 6 aromatic heterocycles. The molecule has 123 heavy (non-hydrogen) atoms. The van der Waals surface area contributed by atoms with Crippen LogP contribution in [0, 0.1) is 92.7 Å². The number of aromatic nitrogens is 10. The number of aliphatic hydroxyl groups is 1. The third kappa shape index (κ3) is 20.6. The zero-order valence-electron chi connectivity index (χ0n) is 72.2. The first-order chi connectivity index (χ1) is 58.3. The zero-order chi connectivity index (χ0) is 84.7. The van der Waals surface area contributed by atoms with Crippen LogP contribution in [0.5, 0.6) is 0 Å². The number of nitrogens with zero attached hydrogens (tertiary/aromatic N) is 10. The number of para-hydroxylation sites is 8. The van der Waals surface area contributed by atoms with E-state index < -0.39 is 5.20 Å². The first kappa shape index (κ1) is 94.0. The number of carbonyl (C=O) groups excluding carboxylic acids is 5. The Labute approximate surface area is 817 Å². The summed E-state index contributed by atoms with van der Waals surface area (Å²) in [6.45, 7) is 7.63. The summed E-state index contributed by atoms with van der Waals surface area (Å²) in [7, 11) is 0. The van der Waals surface area contributed by atoms with Crippen molar-refractivity contribution in [2.75, 3.05) is 0 Å². The summed E-state index contributed by atoms with van der Waals surface area (Å²) in [4.78, 5) is 84.8. The molecule has 6 heterocycles. The van der Waals surface area contributed by atoms with Gasteiger partial charge in [-0.05, 0) is 313 Å². The fourth-order valence-corrected chi connectivity index (χ4v) is 27.7. The van der Waals surface area contributed by atoms with Crippen molar-refractivity contribution in [3.8, 4) is 0 Å². The van der Waals surface area contributed by atoms with Gasteiger partial charge >= 0.3 is 126 Å². The van der Waals surface area contributed by atoms with E-state index >= 15 is 0 Å². The van der Waals surface area contributed by atoms with Gasteiger partial charge in [0.15, 0.2) is 0 Å². The van der Waals surface area contributed by atoms with E-state index in [0.717, 1.165) is 122 Å². The Bertz CT molecular complexity index is 5310. The van der Waals surface area contributed by atoms with Crippen molar-refractivity contribution in [1.82, 2.24) is 52.3 Å². The molecule has 16 aliphatic rings. The molecule has 32 heteroatoms. The van der Waals surface area contributed by atoms with Crippen LogP contribution in [0.25, 0.3) is 55.4 Å². The van der Waals surface area contributed by atoms with Crippen LogP contribution >= 0.6 is 38.9 Å². The minimum absolute atomic E-state index is 0. The zero-order valence-corrected chi connectivity index (χ0v) is 80.6. The van der Waals surface area contributed by atoms with E-state index in [2.05, 4.69) is 142 Å². The van der Waals surface area contributed by atoms with Crippen molar-refractivity contribution in [3.63, 3.8) is 0 Å². The molecule has 0 radical (unpaired) electrons. The molecule has 16 saturated carbocycles. The number of nitrogens with two attached hydrogens (primary N) is 1. The molecule has 650 valence electrons. The average Bonchev–Trinajstić information content (AvgIpc) is 1.76. The number of halogens is 3. The molecule has 4 aromatic carbocycles. The third-order valence-corrected chi connectivity index (χ3v) is 30.1. The standard InChI is InChI=1S/C23H29N3O3.C23H27N3O2.C22H29N3O2.C21H25N3O.CH2O3.CH2O2.Cl3OP.2K.H/c1-15(28)29-21(23-9-16-6-17(10-23)8-18(7-16)11-23)13-26-20-5-3-2-4-19(20)25-22(26)12-24-14-27;1-15(27)28-21(23-9-16-6-17(10-23)8-18(7-16)11-23)13-25-19-4-2-3-5-20(19)26-14-24-12-22(25)26;1-14(26)27-20(22-9-15-6-16(10-22)8-17(7-15)11-22)13-25-19-5-3-2-4-18(19)24-21(25)12-23;25-19(21-8-14-5-15(9-21)7-16(6-14)10-21)12-23-17-3-1-2-4-18(17)24-13-22-11-20(23)24;2-1-4-3;2-1-3;1-5(2,3)4;;;/h2-5,14,16-18,21H,6-13H2,1H3,(H,24,27);2-5,12,14,16-18,21H,6-11,13H2,1H3;2-5,15-17,20H,6-13,23H2,1H3;1-4,11,13-16,19,25H,5-10,12H2;1,3H;1H,(H,2,3);;;;/q;;;;;;;2*+1;-1/p-1. The van der Waals surface area contributed by atoms with Crippen molar-refractivity contribution < 1.29 is 172 Å². The normalized spacial score (nSPS) is 29.7. The number of nitrogens with one attached hydrogen (secondary N) is 1. The van der Waals surface area contributed by atoms with Gasteiger partial charge in [0, 0.05) is 37.0 Å². The van der Waals surface area contributed by atoms with Crippen molar-refractivity contribution >= 4 is 132 Å². The van der Waals surface area contributed by atoms with Crippen LogP contribution in [-0.4, -0.2) is 119 Å². The number of imidazole rings is 6. The molecular formula is C91H114Cl3K2N12O14P. The molecule has 0 spiro atoms.